The fourth-order valence-corrected chi connectivity index (χ4v) is 4.74. The van der Waals surface area contributed by atoms with Crippen molar-refractivity contribution >= 4 is 44.8 Å². The second-order valence-corrected chi connectivity index (χ2v) is 9.08. The molecule has 0 aromatic heterocycles. The third-order valence-corrected chi connectivity index (χ3v) is 6.46. The Morgan fingerprint density at radius 2 is 1.68 bits per heavy atom. The number of sulfonamides is 1. The van der Waals surface area contributed by atoms with Crippen LogP contribution in [0.25, 0.3) is 0 Å². The Morgan fingerprint density at radius 1 is 0.968 bits per heavy atom. The summed E-state index contributed by atoms with van der Waals surface area (Å²) in [6.45, 7) is 0. The lowest BCUT2D eigenvalue weighted by Crippen LogP contribution is -2.45. The summed E-state index contributed by atoms with van der Waals surface area (Å²) in [7, 11) is -4.27. The van der Waals surface area contributed by atoms with Crippen molar-refractivity contribution in [3.05, 3.63) is 94.0 Å². The highest BCUT2D eigenvalue weighted by atomic mass is 35.5. The monoisotopic (exact) mass is 484 g/mol. The first kappa shape index (κ1) is 23.1. The number of hydrogen-bond donors (Lipinski definition) is 2. The molecule has 0 heterocycles. The van der Waals surface area contributed by atoms with Crippen LogP contribution in [0.1, 0.15) is 5.56 Å². The number of amides is 1. The molecule has 0 saturated heterocycles. The zero-order chi connectivity index (χ0) is 22.6. The van der Waals surface area contributed by atoms with Crippen LogP contribution in [0.15, 0.2) is 71.6 Å². The molecule has 0 fully saturated rings. The third-order valence-electron chi connectivity index (χ3n) is 4.27. The molecule has 2 N–H and O–H groups in total. The van der Waals surface area contributed by atoms with Gasteiger partial charge < -0.3 is 5.32 Å². The van der Waals surface area contributed by atoms with Gasteiger partial charge in [-0.2, -0.15) is 4.72 Å². The predicted molar refractivity (Wildman–Crippen MR) is 116 cm³/mol. The zero-order valence-electron chi connectivity index (χ0n) is 15.8. The van der Waals surface area contributed by atoms with E-state index in [2.05, 4.69) is 10.0 Å². The molecule has 0 aliphatic heterocycles. The first-order valence-corrected chi connectivity index (χ1v) is 11.2. The maximum absolute atomic E-state index is 14.0. The van der Waals surface area contributed by atoms with Crippen LogP contribution >= 0.6 is 23.2 Å². The SMILES string of the molecule is O=C(Nc1ccc(F)cc1F)[C@H](Cc1ccccc1)NS(=O)(=O)c1cc(Cl)ccc1Cl. The third kappa shape index (κ3) is 6.01. The largest absolute Gasteiger partial charge is 0.322 e. The molecule has 0 bridgehead atoms. The van der Waals surface area contributed by atoms with E-state index in [1.807, 2.05) is 0 Å². The Morgan fingerprint density at radius 3 is 2.35 bits per heavy atom. The van der Waals surface area contributed by atoms with Crippen LogP contribution in [0.4, 0.5) is 14.5 Å². The van der Waals surface area contributed by atoms with Gasteiger partial charge in [0.1, 0.15) is 22.6 Å². The van der Waals surface area contributed by atoms with E-state index in [0.717, 1.165) is 18.2 Å². The van der Waals surface area contributed by atoms with Crippen molar-refractivity contribution in [2.24, 2.45) is 0 Å². The minimum Gasteiger partial charge on any atom is -0.322 e. The predicted octanol–water partition coefficient (Wildman–Crippen LogP) is 4.80. The van der Waals surface area contributed by atoms with Crippen LogP contribution in [0.5, 0.6) is 0 Å². The Kier molecular flexibility index (Phi) is 7.27. The molecule has 0 radical (unpaired) electrons. The maximum Gasteiger partial charge on any atom is 0.242 e. The highest BCUT2D eigenvalue weighted by Crippen LogP contribution is 2.25. The Balaban J connectivity index is 1.92. The second-order valence-electron chi connectivity index (χ2n) is 6.55. The molecule has 31 heavy (non-hydrogen) atoms. The zero-order valence-corrected chi connectivity index (χ0v) is 18.1. The highest BCUT2D eigenvalue weighted by molar-refractivity contribution is 7.89. The lowest BCUT2D eigenvalue weighted by Gasteiger charge is -2.19. The Bertz CT molecular complexity index is 1210. The average molecular weight is 485 g/mol. The van der Waals surface area contributed by atoms with Crippen LogP contribution in [-0.2, 0) is 21.2 Å². The van der Waals surface area contributed by atoms with Crippen molar-refractivity contribution in [1.82, 2.24) is 4.72 Å². The first-order valence-electron chi connectivity index (χ1n) is 8.93. The number of anilines is 1. The number of carbonyl (C=O) groups is 1. The van der Waals surface area contributed by atoms with Gasteiger partial charge in [0.15, 0.2) is 0 Å². The van der Waals surface area contributed by atoms with E-state index in [9.17, 15) is 22.0 Å². The van der Waals surface area contributed by atoms with Gasteiger partial charge in [0.25, 0.3) is 0 Å². The van der Waals surface area contributed by atoms with Gasteiger partial charge in [0, 0.05) is 11.1 Å². The molecule has 3 aromatic carbocycles. The molecule has 1 amide bonds. The maximum atomic E-state index is 14.0. The summed E-state index contributed by atoms with van der Waals surface area (Å²) in [4.78, 5) is 12.6. The molecule has 10 heteroatoms. The lowest BCUT2D eigenvalue weighted by atomic mass is 10.1. The molecule has 3 rings (SSSR count). The molecule has 0 saturated carbocycles. The van der Waals surface area contributed by atoms with Gasteiger partial charge in [-0.05, 0) is 42.3 Å². The molecule has 5 nitrogen and oxygen atoms in total. The number of benzene rings is 3. The minimum atomic E-state index is -4.27. The molecular formula is C21H16Cl2F2N2O3S. The van der Waals surface area contributed by atoms with E-state index in [0.29, 0.717) is 11.6 Å². The molecule has 0 aliphatic rings. The molecular weight excluding hydrogens is 469 g/mol. The van der Waals surface area contributed by atoms with E-state index in [-0.39, 0.29) is 27.0 Å². The van der Waals surface area contributed by atoms with Crippen LogP contribution in [0.2, 0.25) is 10.0 Å². The molecule has 0 spiro atoms. The smallest absolute Gasteiger partial charge is 0.242 e. The number of rotatable bonds is 7. The summed E-state index contributed by atoms with van der Waals surface area (Å²) in [5.41, 5.74) is 0.367. The summed E-state index contributed by atoms with van der Waals surface area (Å²) in [6.07, 6.45) is -0.0348. The van der Waals surface area contributed by atoms with Gasteiger partial charge >= 0.3 is 0 Å². The van der Waals surface area contributed by atoms with Crippen LogP contribution in [0, 0.1) is 11.6 Å². The van der Waals surface area contributed by atoms with Crippen LogP contribution in [0.3, 0.4) is 0 Å². The summed E-state index contributed by atoms with van der Waals surface area (Å²) in [5, 5.41) is 2.35. The van der Waals surface area contributed by atoms with E-state index in [1.54, 1.807) is 30.3 Å². The molecule has 162 valence electrons. The van der Waals surface area contributed by atoms with Crippen molar-refractivity contribution in [2.45, 2.75) is 17.4 Å². The first-order chi connectivity index (χ1) is 14.7. The van der Waals surface area contributed by atoms with Crippen molar-refractivity contribution in [3.8, 4) is 0 Å². The van der Waals surface area contributed by atoms with Crippen LogP contribution in [-0.4, -0.2) is 20.4 Å². The molecule has 0 aliphatic carbocycles. The number of nitrogens with one attached hydrogen (secondary N) is 2. The topological polar surface area (TPSA) is 75.3 Å². The number of halogens is 4. The van der Waals surface area contributed by atoms with Crippen LogP contribution < -0.4 is 10.0 Å². The average Bonchev–Trinajstić information content (AvgIpc) is 2.72. The van der Waals surface area contributed by atoms with Crippen molar-refractivity contribution in [2.75, 3.05) is 5.32 Å². The van der Waals surface area contributed by atoms with Crippen molar-refractivity contribution in [3.63, 3.8) is 0 Å². The Labute approximate surface area is 188 Å². The quantitative estimate of drug-likeness (QED) is 0.505. The number of hydrogen-bond acceptors (Lipinski definition) is 3. The van der Waals surface area contributed by atoms with Gasteiger partial charge in [0.2, 0.25) is 15.9 Å². The number of carbonyl (C=O) groups excluding carboxylic acids is 1. The standard InChI is InChI=1S/C21H16Cl2F2N2O3S/c22-14-6-8-16(23)20(11-14)31(29,30)27-19(10-13-4-2-1-3-5-13)21(28)26-18-9-7-15(24)12-17(18)25/h1-9,11-12,19,27H,10H2,(H,26,28)/t19-/m0/s1. The normalized spacial score (nSPS) is 12.4. The minimum absolute atomic E-state index is 0.0348. The highest BCUT2D eigenvalue weighted by Gasteiger charge is 2.28. The molecule has 0 unspecified atom stereocenters. The molecule has 3 aromatic rings. The summed E-state index contributed by atoms with van der Waals surface area (Å²) in [6, 6.07) is 13.8. The van der Waals surface area contributed by atoms with Gasteiger partial charge in [-0.1, -0.05) is 53.5 Å². The Hall–Kier alpha value is -2.52. The summed E-state index contributed by atoms with van der Waals surface area (Å²) >= 11 is 11.9. The van der Waals surface area contributed by atoms with E-state index < -0.39 is 33.6 Å². The van der Waals surface area contributed by atoms with Gasteiger partial charge in [-0.25, -0.2) is 17.2 Å². The summed E-state index contributed by atoms with van der Waals surface area (Å²) < 4.78 is 55.3. The van der Waals surface area contributed by atoms with E-state index in [4.69, 9.17) is 23.2 Å². The fourth-order valence-electron chi connectivity index (χ4n) is 2.78. The van der Waals surface area contributed by atoms with Gasteiger partial charge in [0.05, 0.1) is 10.7 Å². The van der Waals surface area contributed by atoms with E-state index >= 15 is 0 Å². The molecule has 1 atom stereocenters. The second kappa shape index (κ2) is 9.74. The van der Waals surface area contributed by atoms with Crippen molar-refractivity contribution in [1.29, 1.82) is 0 Å². The van der Waals surface area contributed by atoms with Gasteiger partial charge in [-0.3, -0.25) is 4.79 Å². The fraction of sp³-hybridized carbons (Fsp3) is 0.0952. The van der Waals surface area contributed by atoms with Gasteiger partial charge in [-0.15, -0.1) is 0 Å². The van der Waals surface area contributed by atoms with Crippen molar-refractivity contribution < 1.29 is 22.0 Å². The lowest BCUT2D eigenvalue weighted by molar-refractivity contribution is -0.117. The van der Waals surface area contributed by atoms with E-state index in [1.165, 1.54) is 12.1 Å². The summed E-state index contributed by atoms with van der Waals surface area (Å²) in [5.74, 6) is -2.64.